The van der Waals surface area contributed by atoms with Gasteiger partial charge in [0.25, 0.3) is 5.56 Å². The summed E-state index contributed by atoms with van der Waals surface area (Å²) in [6.45, 7) is 4.39. The van der Waals surface area contributed by atoms with E-state index in [1.165, 1.54) is 0 Å². The van der Waals surface area contributed by atoms with Gasteiger partial charge in [0.05, 0.1) is 11.2 Å². The number of hydrogen-bond donors (Lipinski definition) is 1. The van der Waals surface area contributed by atoms with E-state index in [1.54, 1.807) is 17.7 Å². The van der Waals surface area contributed by atoms with Crippen molar-refractivity contribution in [2.75, 3.05) is 11.6 Å². The van der Waals surface area contributed by atoms with Crippen LogP contribution in [0.3, 0.4) is 0 Å². The summed E-state index contributed by atoms with van der Waals surface area (Å²) in [6.07, 6.45) is 3.16. The second-order valence-corrected chi connectivity index (χ2v) is 6.32. The van der Waals surface area contributed by atoms with Crippen molar-refractivity contribution in [3.63, 3.8) is 0 Å². The Morgan fingerprint density at radius 3 is 2.91 bits per heavy atom. The molecule has 23 heavy (non-hydrogen) atoms. The van der Waals surface area contributed by atoms with Crippen molar-refractivity contribution in [3.8, 4) is 5.75 Å². The molecule has 0 fully saturated rings. The summed E-state index contributed by atoms with van der Waals surface area (Å²) in [5.74, 6) is 0.710. The van der Waals surface area contributed by atoms with Gasteiger partial charge < -0.3 is 19.3 Å². The number of nitrogens with zero attached hydrogens (tertiary/aromatic N) is 2. The summed E-state index contributed by atoms with van der Waals surface area (Å²) in [6, 6.07) is 3.80. The highest BCUT2D eigenvalue weighted by atomic mass is 16.5. The summed E-state index contributed by atoms with van der Waals surface area (Å²) >= 11 is 0. The molecule has 1 unspecified atom stereocenters. The molecule has 2 aliphatic rings. The Kier molecular flexibility index (Phi) is 3.03. The SMILES string of the molecule is CCCC1=CC(O)N2COc3c2c1cc1c(C)cc(=O)n(C)c31. The van der Waals surface area contributed by atoms with Crippen molar-refractivity contribution >= 4 is 22.2 Å². The summed E-state index contributed by atoms with van der Waals surface area (Å²) < 4.78 is 7.53. The number of allylic oxidation sites excluding steroid dienone is 1. The summed E-state index contributed by atoms with van der Waals surface area (Å²) in [5.41, 5.74) is 4.88. The van der Waals surface area contributed by atoms with Gasteiger partial charge in [0.2, 0.25) is 0 Å². The summed E-state index contributed by atoms with van der Waals surface area (Å²) in [4.78, 5) is 14.0. The number of ether oxygens (including phenoxy) is 1. The number of anilines is 1. The summed E-state index contributed by atoms with van der Waals surface area (Å²) in [7, 11) is 1.76. The predicted molar refractivity (Wildman–Crippen MR) is 90.8 cm³/mol. The lowest BCUT2D eigenvalue weighted by Crippen LogP contribution is -2.35. The molecule has 0 bridgehead atoms. The Balaban J connectivity index is 2.13. The fraction of sp³-hybridized carbons (Fsp3) is 0.389. The monoisotopic (exact) mass is 312 g/mol. The maximum absolute atomic E-state index is 12.2. The lowest BCUT2D eigenvalue weighted by molar-refractivity contribution is 0.195. The fourth-order valence-electron chi connectivity index (χ4n) is 3.66. The molecule has 2 aromatic rings. The zero-order valence-corrected chi connectivity index (χ0v) is 13.6. The predicted octanol–water partition coefficient (Wildman–Crippen LogP) is 2.52. The Morgan fingerprint density at radius 2 is 2.17 bits per heavy atom. The molecule has 0 saturated carbocycles. The van der Waals surface area contributed by atoms with Crippen LogP contribution >= 0.6 is 0 Å². The van der Waals surface area contributed by atoms with Gasteiger partial charge in [0.15, 0.2) is 12.5 Å². The van der Waals surface area contributed by atoms with E-state index in [0.29, 0.717) is 12.5 Å². The molecule has 1 aromatic carbocycles. The lowest BCUT2D eigenvalue weighted by Gasteiger charge is -2.29. The van der Waals surface area contributed by atoms with Gasteiger partial charge >= 0.3 is 0 Å². The number of fused-ring (bicyclic) bond motifs is 2. The van der Waals surface area contributed by atoms with Crippen molar-refractivity contribution in [2.45, 2.75) is 32.9 Å². The fourth-order valence-corrected chi connectivity index (χ4v) is 3.66. The molecule has 0 aliphatic carbocycles. The molecular formula is C18H20N2O3. The molecule has 0 radical (unpaired) electrons. The zero-order valence-electron chi connectivity index (χ0n) is 13.6. The summed E-state index contributed by atoms with van der Waals surface area (Å²) in [5, 5.41) is 11.4. The van der Waals surface area contributed by atoms with Crippen LogP contribution in [-0.4, -0.2) is 22.6 Å². The second kappa shape index (κ2) is 4.86. The van der Waals surface area contributed by atoms with E-state index in [1.807, 2.05) is 17.9 Å². The van der Waals surface area contributed by atoms with Gasteiger partial charge in [-0.3, -0.25) is 4.79 Å². The maximum Gasteiger partial charge on any atom is 0.251 e. The van der Waals surface area contributed by atoms with Crippen molar-refractivity contribution in [1.82, 2.24) is 4.57 Å². The van der Waals surface area contributed by atoms with E-state index < -0.39 is 6.23 Å². The van der Waals surface area contributed by atoms with E-state index in [9.17, 15) is 9.90 Å². The average Bonchev–Trinajstić information content (AvgIpc) is 2.95. The van der Waals surface area contributed by atoms with Gasteiger partial charge in [0.1, 0.15) is 6.23 Å². The standard InChI is InChI=1S/C18H20N2O3/c1-4-5-11-7-15(22)20-9-23-18-16-12(8-13(11)17(18)20)10(2)6-14(21)19(16)3/h6-8,15,22H,4-5,9H2,1-3H3. The molecule has 5 nitrogen and oxygen atoms in total. The molecule has 5 heteroatoms. The molecule has 4 rings (SSSR count). The molecule has 2 aliphatic heterocycles. The highest BCUT2D eigenvalue weighted by molar-refractivity contribution is 6.00. The highest BCUT2D eigenvalue weighted by Gasteiger charge is 2.35. The van der Waals surface area contributed by atoms with Gasteiger partial charge in [-0.2, -0.15) is 0 Å². The molecule has 1 aromatic heterocycles. The Bertz CT molecular complexity index is 911. The van der Waals surface area contributed by atoms with Gasteiger partial charge in [-0.15, -0.1) is 0 Å². The van der Waals surface area contributed by atoms with Crippen molar-refractivity contribution in [1.29, 1.82) is 0 Å². The molecule has 0 spiro atoms. The number of aliphatic hydroxyl groups is 1. The third kappa shape index (κ3) is 1.86. The average molecular weight is 312 g/mol. The molecule has 3 heterocycles. The smallest absolute Gasteiger partial charge is 0.251 e. The quantitative estimate of drug-likeness (QED) is 0.926. The van der Waals surface area contributed by atoms with Crippen molar-refractivity contribution in [2.24, 2.45) is 7.05 Å². The Morgan fingerprint density at radius 1 is 1.39 bits per heavy atom. The number of hydrogen-bond acceptors (Lipinski definition) is 4. The normalized spacial score (nSPS) is 18.9. The maximum atomic E-state index is 12.2. The van der Waals surface area contributed by atoms with Crippen LogP contribution in [0.2, 0.25) is 0 Å². The minimum atomic E-state index is -0.676. The lowest BCUT2D eigenvalue weighted by atomic mass is 9.92. The zero-order chi connectivity index (χ0) is 16.3. The number of aryl methyl sites for hydroxylation is 2. The van der Waals surface area contributed by atoms with E-state index in [2.05, 4.69) is 13.0 Å². The van der Waals surface area contributed by atoms with E-state index in [4.69, 9.17) is 4.74 Å². The Labute approximate surface area is 134 Å². The number of aliphatic hydroxyl groups excluding tert-OH is 1. The first-order valence-corrected chi connectivity index (χ1v) is 7.98. The first kappa shape index (κ1) is 14.3. The van der Waals surface area contributed by atoms with Gasteiger partial charge in [0, 0.05) is 24.1 Å². The van der Waals surface area contributed by atoms with Crippen LogP contribution in [0.4, 0.5) is 5.69 Å². The van der Waals surface area contributed by atoms with E-state index in [-0.39, 0.29) is 5.56 Å². The number of pyridine rings is 1. The molecule has 1 N–H and O–H groups in total. The van der Waals surface area contributed by atoms with Gasteiger partial charge in [-0.05, 0) is 36.6 Å². The first-order valence-electron chi connectivity index (χ1n) is 7.98. The van der Waals surface area contributed by atoms with Crippen LogP contribution in [0.15, 0.2) is 23.0 Å². The van der Waals surface area contributed by atoms with Gasteiger partial charge in [-0.25, -0.2) is 0 Å². The molecule has 120 valence electrons. The largest absolute Gasteiger partial charge is 0.469 e. The Hall–Kier alpha value is -2.27. The van der Waals surface area contributed by atoms with Gasteiger partial charge in [-0.1, -0.05) is 13.3 Å². The highest BCUT2D eigenvalue weighted by Crippen LogP contribution is 2.49. The van der Waals surface area contributed by atoms with Crippen molar-refractivity contribution < 1.29 is 9.84 Å². The van der Waals surface area contributed by atoms with Crippen molar-refractivity contribution in [3.05, 3.63) is 39.7 Å². The third-order valence-corrected chi connectivity index (χ3v) is 4.83. The molecule has 0 amide bonds. The van der Waals surface area contributed by atoms with Crippen LogP contribution < -0.4 is 15.2 Å². The van der Waals surface area contributed by atoms with Crippen LogP contribution in [0.1, 0.15) is 30.9 Å². The minimum Gasteiger partial charge on any atom is -0.469 e. The number of rotatable bonds is 2. The number of benzene rings is 1. The first-order chi connectivity index (χ1) is 11.0. The topological polar surface area (TPSA) is 54.7 Å². The molecular weight excluding hydrogens is 292 g/mol. The molecule has 1 atom stereocenters. The van der Waals surface area contributed by atoms with E-state index in [0.717, 1.165) is 46.1 Å². The van der Waals surface area contributed by atoms with E-state index >= 15 is 0 Å². The van der Waals surface area contributed by atoms with Crippen LogP contribution in [-0.2, 0) is 7.05 Å². The second-order valence-electron chi connectivity index (χ2n) is 6.32. The third-order valence-electron chi connectivity index (χ3n) is 4.83. The van der Waals surface area contributed by atoms with Crippen LogP contribution in [0.5, 0.6) is 5.75 Å². The number of aromatic nitrogens is 1. The molecule has 0 saturated heterocycles. The van der Waals surface area contributed by atoms with Crippen LogP contribution in [0.25, 0.3) is 16.5 Å². The van der Waals surface area contributed by atoms with Crippen LogP contribution in [0, 0.1) is 6.92 Å². The minimum absolute atomic E-state index is 0.0473.